The minimum Gasteiger partial charge on any atom is -0.481 e. The van der Waals surface area contributed by atoms with Crippen molar-refractivity contribution in [3.63, 3.8) is 0 Å². The molecule has 10 heteroatoms. The number of anilines is 1. The van der Waals surface area contributed by atoms with E-state index in [1.54, 1.807) is 48.5 Å². The molecule has 0 radical (unpaired) electrons. The molecule has 0 spiro atoms. The number of halogens is 2. The highest BCUT2D eigenvalue weighted by molar-refractivity contribution is 6.33. The second-order valence-electron chi connectivity index (χ2n) is 7.39. The number of aliphatic carboxylic acids is 1. The molecule has 8 nitrogen and oxygen atoms in total. The van der Waals surface area contributed by atoms with Crippen molar-refractivity contribution in [2.75, 3.05) is 11.9 Å². The number of pyridine rings is 1. The average molecular weight is 478 g/mol. The summed E-state index contributed by atoms with van der Waals surface area (Å²) < 4.78 is 16.3. The zero-order chi connectivity index (χ0) is 24.2. The van der Waals surface area contributed by atoms with Crippen molar-refractivity contribution >= 4 is 34.2 Å². The first kappa shape index (κ1) is 22.9. The fourth-order valence-corrected chi connectivity index (χ4v) is 3.66. The molecule has 0 atom stereocenters. The molecule has 0 fully saturated rings. The number of benzene rings is 2. The minimum atomic E-state index is -1.01. The van der Waals surface area contributed by atoms with Gasteiger partial charge in [-0.2, -0.15) is 14.8 Å². The monoisotopic (exact) mass is 477 g/mol. The molecule has 0 aliphatic carbocycles. The molecule has 34 heavy (non-hydrogen) atoms. The van der Waals surface area contributed by atoms with Crippen LogP contribution in [0.2, 0.25) is 5.02 Å². The normalized spacial score (nSPS) is 10.7. The fraction of sp³-hybridized carbons (Fsp3) is 0.125. The minimum absolute atomic E-state index is 0.00133. The van der Waals surface area contributed by atoms with Crippen LogP contribution >= 0.6 is 11.6 Å². The van der Waals surface area contributed by atoms with Crippen LogP contribution in [0.15, 0.2) is 59.4 Å². The summed E-state index contributed by atoms with van der Waals surface area (Å²) >= 11 is 6.29. The number of fused-ring (bicyclic) bond motifs is 1. The maximum Gasteiger partial charge on any atom is 0.305 e. The van der Waals surface area contributed by atoms with Crippen LogP contribution in [-0.4, -0.2) is 32.4 Å². The van der Waals surface area contributed by atoms with Crippen molar-refractivity contribution in [1.82, 2.24) is 14.8 Å². The summed E-state index contributed by atoms with van der Waals surface area (Å²) in [4.78, 5) is 27.6. The van der Waals surface area contributed by atoms with Gasteiger partial charge in [0, 0.05) is 11.9 Å². The van der Waals surface area contributed by atoms with Crippen molar-refractivity contribution in [3.8, 4) is 17.3 Å². The third kappa shape index (κ3) is 4.72. The topological polar surface area (TPSA) is 121 Å². The summed E-state index contributed by atoms with van der Waals surface area (Å²) in [5, 5.41) is 25.7. The molecule has 0 saturated carbocycles. The molecule has 0 aliphatic rings. The summed E-state index contributed by atoms with van der Waals surface area (Å²) in [7, 11) is 0. The summed E-state index contributed by atoms with van der Waals surface area (Å²) in [6.07, 6.45) is -0.187. The first-order valence-corrected chi connectivity index (χ1v) is 10.6. The number of nitrogens with one attached hydrogen (secondary N) is 1. The van der Waals surface area contributed by atoms with Gasteiger partial charge < -0.3 is 10.4 Å². The van der Waals surface area contributed by atoms with Crippen LogP contribution in [0, 0.1) is 17.3 Å². The van der Waals surface area contributed by atoms with Gasteiger partial charge in [0.05, 0.1) is 40.6 Å². The third-order valence-corrected chi connectivity index (χ3v) is 5.39. The van der Waals surface area contributed by atoms with Gasteiger partial charge in [0.15, 0.2) is 0 Å². The van der Waals surface area contributed by atoms with Crippen LogP contribution in [0.4, 0.5) is 10.2 Å². The van der Waals surface area contributed by atoms with Crippen molar-refractivity contribution in [2.45, 2.75) is 13.0 Å². The molecule has 0 bridgehead atoms. The number of carboxylic acids is 1. The van der Waals surface area contributed by atoms with E-state index in [4.69, 9.17) is 22.0 Å². The van der Waals surface area contributed by atoms with Gasteiger partial charge in [0.2, 0.25) is 5.95 Å². The van der Waals surface area contributed by atoms with E-state index in [-0.39, 0.29) is 47.2 Å². The molecule has 0 aliphatic heterocycles. The number of carbonyl (C=O) groups is 1. The van der Waals surface area contributed by atoms with Gasteiger partial charge in [-0.15, -0.1) is 0 Å². The molecule has 2 heterocycles. The first-order valence-electron chi connectivity index (χ1n) is 10.2. The van der Waals surface area contributed by atoms with Gasteiger partial charge >= 0.3 is 5.97 Å². The predicted octanol–water partition coefficient (Wildman–Crippen LogP) is 4.06. The number of nitrogens with zero attached hydrogens (tertiary/aromatic N) is 4. The van der Waals surface area contributed by atoms with Gasteiger partial charge in [0.25, 0.3) is 5.56 Å². The van der Waals surface area contributed by atoms with E-state index < -0.39 is 11.9 Å². The Balaban J connectivity index is 1.80. The van der Waals surface area contributed by atoms with Crippen molar-refractivity contribution in [1.29, 1.82) is 5.26 Å². The lowest BCUT2D eigenvalue weighted by Gasteiger charge is -2.13. The second-order valence-corrected chi connectivity index (χ2v) is 7.80. The van der Waals surface area contributed by atoms with Crippen molar-refractivity contribution in [2.24, 2.45) is 0 Å². The van der Waals surface area contributed by atoms with Gasteiger partial charge in [0.1, 0.15) is 11.5 Å². The molecule has 0 unspecified atom stereocenters. The lowest BCUT2D eigenvalue weighted by atomic mass is 10.1. The molecule has 2 N–H and O–H groups in total. The van der Waals surface area contributed by atoms with E-state index in [0.29, 0.717) is 16.3 Å². The highest BCUT2D eigenvalue weighted by Gasteiger charge is 2.19. The summed E-state index contributed by atoms with van der Waals surface area (Å²) in [6, 6.07) is 16.8. The van der Waals surface area contributed by atoms with Crippen LogP contribution in [0.5, 0.6) is 0 Å². The van der Waals surface area contributed by atoms with Crippen LogP contribution in [0.1, 0.15) is 17.5 Å². The highest BCUT2D eigenvalue weighted by atomic mass is 35.5. The molecule has 170 valence electrons. The molecule has 2 aromatic heterocycles. The number of rotatable bonds is 7. The Morgan fingerprint density at radius 2 is 1.88 bits per heavy atom. The van der Waals surface area contributed by atoms with Crippen molar-refractivity contribution in [3.05, 3.63) is 87.0 Å². The van der Waals surface area contributed by atoms with Crippen molar-refractivity contribution < 1.29 is 14.3 Å². The Kier molecular flexibility index (Phi) is 6.52. The second kappa shape index (κ2) is 9.68. The Hall–Kier alpha value is -4.29. The average Bonchev–Trinajstić information content (AvgIpc) is 2.83. The van der Waals surface area contributed by atoms with E-state index in [0.717, 1.165) is 5.56 Å². The zero-order valence-electron chi connectivity index (χ0n) is 17.6. The number of hydrogen-bond acceptors (Lipinski definition) is 6. The Morgan fingerprint density at radius 3 is 2.56 bits per heavy atom. The van der Waals surface area contributed by atoms with Gasteiger partial charge in [-0.3, -0.25) is 9.59 Å². The zero-order valence-corrected chi connectivity index (χ0v) is 18.4. The van der Waals surface area contributed by atoms with Gasteiger partial charge in [-0.1, -0.05) is 41.9 Å². The third-order valence-electron chi connectivity index (χ3n) is 5.10. The molecule has 0 saturated heterocycles. The first-order chi connectivity index (χ1) is 16.4. The Morgan fingerprint density at radius 1 is 1.18 bits per heavy atom. The van der Waals surface area contributed by atoms with E-state index in [1.807, 2.05) is 6.07 Å². The molecular weight excluding hydrogens is 461 g/mol. The summed E-state index contributed by atoms with van der Waals surface area (Å²) in [5.41, 5.74) is 1.06. The molecule has 4 rings (SSSR count). The molecule has 0 amide bonds. The van der Waals surface area contributed by atoms with Crippen LogP contribution in [0.25, 0.3) is 22.0 Å². The fourth-order valence-electron chi connectivity index (χ4n) is 3.44. The van der Waals surface area contributed by atoms with E-state index in [9.17, 15) is 9.59 Å². The van der Waals surface area contributed by atoms with Gasteiger partial charge in [-0.05, 0) is 29.8 Å². The van der Waals surface area contributed by atoms with Gasteiger partial charge in [-0.25, -0.2) is 9.67 Å². The largest absolute Gasteiger partial charge is 0.481 e. The van der Waals surface area contributed by atoms with E-state index >= 15 is 4.39 Å². The maximum atomic E-state index is 15.1. The lowest BCUT2D eigenvalue weighted by molar-refractivity contribution is -0.136. The number of carboxylic acid groups (broad SMARTS) is 1. The van der Waals surface area contributed by atoms with E-state index in [1.165, 1.54) is 10.7 Å². The standard InChI is InChI=1S/C24H17ClFN5O3/c25-19-11-18(22(26)29-23(19)28-10-9-20(32)33)21-16-3-1-2-4-17(16)24(34)31(30-21)13-15-7-5-14(12-27)6-8-15/h1-8,11H,9-10,13H2,(H,28,29)(H,32,33). The van der Waals surface area contributed by atoms with Crippen LogP contribution in [0.3, 0.4) is 0 Å². The highest BCUT2D eigenvalue weighted by Crippen LogP contribution is 2.31. The number of nitriles is 1. The molecule has 2 aromatic carbocycles. The van der Waals surface area contributed by atoms with E-state index in [2.05, 4.69) is 15.4 Å². The SMILES string of the molecule is N#Cc1ccc(Cn2nc(-c3cc(Cl)c(NCCC(=O)O)nc3F)c3ccccc3c2=O)cc1. The molecular formula is C24H17ClFN5O3. The van der Waals surface area contributed by atoms with Crippen LogP contribution < -0.4 is 10.9 Å². The summed E-state index contributed by atoms with van der Waals surface area (Å²) in [5.74, 6) is -1.87. The number of hydrogen-bond donors (Lipinski definition) is 2. The summed E-state index contributed by atoms with van der Waals surface area (Å²) in [6.45, 7) is 0.136. The predicted molar refractivity (Wildman–Crippen MR) is 125 cm³/mol. The smallest absolute Gasteiger partial charge is 0.305 e. The Labute approximate surface area is 197 Å². The maximum absolute atomic E-state index is 15.1. The molecule has 4 aromatic rings. The van der Waals surface area contributed by atoms with Crippen LogP contribution in [-0.2, 0) is 11.3 Å². The number of aromatic nitrogens is 3. The lowest BCUT2D eigenvalue weighted by Crippen LogP contribution is -2.24. The quantitative estimate of drug-likeness (QED) is 0.385. The Bertz CT molecular complexity index is 1500.